The van der Waals surface area contributed by atoms with Crippen molar-refractivity contribution in [1.82, 2.24) is 15.5 Å². The Kier molecular flexibility index (Phi) is 10.3. The summed E-state index contributed by atoms with van der Waals surface area (Å²) in [6, 6.07) is 0.348. The number of carbonyl (C=O) groups excluding carboxylic acids is 2. The molecule has 1 aliphatic carbocycles. The minimum Gasteiger partial charge on any atom is -0.469 e. The summed E-state index contributed by atoms with van der Waals surface area (Å²) < 4.78 is 4.87. The molecule has 2 rings (SSSR count). The number of likely N-dealkylation sites (tertiary alicyclic amines) is 1. The van der Waals surface area contributed by atoms with Gasteiger partial charge in [0, 0.05) is 39.1 Å². The molecule has 2 N–H and O–H groups in total. The molecule has 1 amide bonds. The zero-order chi connectivity index (χ0) is 18.2. The molecule has 2 unspecified atom stereocenters. The Morgan fingerprint density at radius 1 is 1.19 bits per heavy atom. The number of nitrogens with one attached hydrogen (secondary N) is 2. The van der Waals surface area contributed by atoms with Gasteiger partial charge in [0.15, 0.2) is 5.96 Å². The first kappa shape index (κ1) is 23.0. The lowest BCUT2D eigenvalue weighted by Crippen LogP contribution is -2.43. The predicted molar refractivity (Wildman–Crippen MR) is 113 cm³/mol. The van der Waals surface area contributed by atoms with Crippen molar-refractivity contribution in [2.45, 2.75) is 51.5 Å². The first-order valence-corrected chi connectivity index (χ1v) is 9.38. The van der Waals surface area contributed by atoms with Crippen LogP contribution in [-0.4, -0.2) is 62.6 Å². The number of methoxy groups -OCH3 is 1. The van der Waals surface area contributed by atoms with E-state index in [9.17, 15) is 9.59 Å². The summed E-state index contributed by atoms with van der Waals surface area (Å²) >= 11 is 0. The van der Waals surface area contributed by atoms with Crippen LogP contribution in [0.25, 0.3) is 0 Å². The second-order valence-corrected chi connectivity index (χ2v) is 7.14. The van der Waals surface area contributed by atoms with Gasteiger partial charge in [0.05, 0.1) is 13.0 Å². The molecule has 1 saturated carbocycles. The minimum atomic E-state index is -0.169. The molecule has 1 saturated heterocycles. The summed E-state index contributed by atoms with van der Waals surface area (Å²) in [7, 11) is 3.15. The van der Waals surface area contributed by atoms with Crippen LogP contribution < -0.4 is 10.6 Å². The largest absolute Gasteiger partial charge is 0.469 e. The van der Waals surface area contributed by atoms with Crippen LogP contribution in [0.1, 0.15) is 45.4 Å². The van der Waals surface area contributed by atoms with Gasteiger partial charge in [-0.15, -0.1) is 24.0 Å². The first-order chi connectivity index (χ1) is 12.0. The Balaban J connectivity index is 0.00000338. The molecule has 2 fully saturated rings. The van der Waals surface area contributed by atoms with E-state index in [-0.39, 0.29) is 47.7 Å². The van der Waals surface area contributed by atoms with Gasteiger partial charge >= 0.3 is 5.97 Å². The summed E-state index contributed by atoms with van der Waals surface area (Å²) in [5.41, 5.74) is 0. The standard InChI is InChI=1S/C18H32N4O3.HI/c1-13-11-22(12-15(13)17(24)25-3)18(19-2)20-10-9-16(23)21-14-7-5-4-6-8-14;/h13-15H,4-12H2,1-3H3,(H,19,20)(H,21,23);1H. The van der Waals surface area contributed by atoms with Crippen molar-refractivity contribution in [1.29, 1.82) is 0 Å². The van der Waals surface area contributed by atoms with Crippen LogP contribution in [0.3, 0.4) is 0 Å². The Bertz CT molecular complexity index is 495. The summed E-state index contributed by atoms with van der Waals surface area (Å²) in [4.78, 5) is 30.2. The van der Waals surface area contributed by atoms with E-state index in [4.69, 9.17) is 4.74 Å². The van der Waals surface area contributed by atoms with Gasteiger partial charge < -0.3 is 20.3 Å². The molecule has 1 heterocycles. The Morgan fingerprint density at radius 3 is 2.50 bits per heavy atom. The SMILES string of the molecule is CN=C(NCCC(=O)NC1CCCCC1)N1CC(C)C(C(=O)OC)C1.I. The number of carbonyl (C=O) groups is 2. The number of hydrogen-bond donors (Lipinski definition) is 2. The third-order valence-corrected chi connectivity index (χ3v) is 5.23. The Labute approximate surface area is 173 Å². The molecule has 7 nitrogen and oxygen atoms in total. The first-order valence-electron chi connectivity index (χ1n) is 9.38. The van der Waals surface area contributed by atoms with Gasteiger partial charge in [-0.25, -0.2) is 0 Å². The van der Waals surface area contributed by atoms with Crippen LogP contribution in [0.2, 0.25) is 0 Å². The summed E-state index contributed by atoms with van der Waals surface area (Å²) in [5.74, 6) is 0.761. The molecular formula is C18H33IN4O3. The smallest absolute Gasteiger partial charge is 0.310 e. The molecule has 26 heavy (non-hydrogen) atoms. The molecule has 2 atom stereocenters. The van der Waals surface area contributed by atoms with Crippen LogP contribution in [0.4, 0.5) is 0 Å². The van der Waals surface area contributed by atoms with Gasteiger partial charge in [0.25, 0.3) is 0 Å². The van der Waals surface area contributed by atoms with E-state index in [0.29, 0.717) is 25.6 Å². The van der Waals surface area contributed by atoms with Gasteiger partial charge in [0.2, 0.25) is 5.91 Å². The molecule has 0 aromatic heterocycles. The monoisotopic (exact) mass is 480 g/mol. The topological polar surface area (TPSA) is 83.0 Å². The lowest BCUT2D eigenvalue weighted by atomic mass is 9.95. The van der Waals surface area contributed by atoms with Crippen molar-refractivity contribution in [3.8, 4) is 0 Å². The van der Waals surface area contributed by atoms with Gasteiger partial charge in [0.1, 0.15) is 0 Å². The number of rotatable bonds is 5. The maximum Gasteiger partial charge on any atom is 0.310 e. The van der Waals surface area contributed by atoms with Crippen molar-refractivity contribution in [3.05, 3.63) is 0 Å². The average Bonchev–Trinajstić information content (AvgIpc) is 3.00. The summed E-state index contributed by atoms with van der Waals surface area (Å²) in [5, 5.41) is 6.36. The Hall–Kier alpha value is -1.06. The maximum atomic E-state index is 12.1. The van der Waals surface area contributed by atoms with Crippen molar-refractivity contribution in [2.75, 3.05) is 33.8 Å². The number of ether oxygens (including phenoxy) is 1. The highest BCUT2D eigenvalue weighted by Crippen LogP contribution is 2.24. The van der Waals surface area contributed by atoms with Crippen molar-refractivity contribution >= 4 is 41.8 Å². The van der Waals surface area contributed by atoms with E-state index in [1.165, 1.54) is 26.4 Å². The van der Waals surface area contributed by atoms with Crippen LogP contribution in [0.5, 0.6) is 0 Å². The lowest BCUT2D eigenvalue weighted by Gasteiger charge is -2.23. The van der Waals surface area contributed by atoms with Crippen LogP contribution in [0, 0.1) is 11.8 Å². The second-order valence-electron chi connectivity index (χ2n) is 7.14. The van der Waals surface area contributed by atoms with Gasteiger partial charge in [-0.05, 0) is 18.8 Å². The number of nitrogens with zero attached hydrogens (tertiary/aromatic N) is 2. The van der Waals surface area contributed by atoms with E-state index in [1.54, 1.807) is 7.05 Å². The van der Waals surface area contributed by atoms with Crippen molar-refractivity contribution < 1.29 is 14.3 Å². The number of amides is 1. The van der Waals surface area contributed by atoms with Crippen molar-refractivity contribution in [3.63, 3.8) is 0 Å². The predicted octanol–water partition coefficient (Wildman–Crippen LogP) is 1.76. The zero-order valence-corrected chi connectivity index (χ0v) is 18.5. The molecular weight excluding hydrogens is 447 g/mol. The number of esters is 1. The van der Waals surface area contributed by atoms with Gasteiger partial charge in [-0.1, -0.05) is 26.2 Å². The van der Waals surface area contributed by atoms with Gasteiger partial charge in [-0.3, -0.25) is 14.6 Å². The highest BCUT2D eigenvalue weighted by Gasteiger charge is 2.36. The Morgan fingerprint density at radius 2 is 1.88 bits per heavy atom. The van der Waals surface area contributed by atoms with E-state index in [1.807, 2.05) is 6.92 Å². The molecule has 1 aliphatic heterocycles. The van der Waals surface area contributed by atoms with Crippen molar-refractivity contribution in [2.24, 2.45) is 16.8 Å². The average molecular weight is 480 g/mol. The maximum absolute atomic E-state index is 12.1. The molecule has 0 radical (unpaired) electrons. The fraction of sp³-hybridized carbons (Fsp3) is 0.833. The van der Waals surface area contributed by atoms with Crippen LogP contribution in [0.15, 0.2) is 4.99 Å². The zero-order valence-electron chi connectivity index (χ0n) is 16.1. The minimum absolute atomic E-state index is 0. The van der Waals surface area contributed by atoms with Crippen LogP contribution in [-0.2, 0) is 14.3 Å². The molecule has 0 bridgehead atoms. The molecule has 150 valence electrons. The third kappa shape index (κ3) is 6.59. The molecule has 8 heteroatoms. The number of halogens is 1. The van der Waals surface area contributed by atoms with E-state index >= 15 is 0 Å². The summed E-state index contributed by atoms with van der Waals surface area (Å²) in [6.45, 7) is 3.95. The number of aliphatic imine (C=N–C) groups is 1. The second kappa shape index (κ2) is 11.6. The molecule has 0 aromatic carbocycles. The van der Waals surface area contributed by atoms with Gasteiger partial charge in [-0.2, -0.15) is 0 Å². The number of hydrogen-bond acceptors (Lipinski definition) is 4. The quantitative estimate of drug-likeness (QED) is 0.271. The fourth-order valence-corrected chi connectivity index (χ4v) is 3.76. The number of guanidine groups is 1. The van der Waals surface area contributed by atoms with Crippen LogP contribution >= 0.6 is 24.0 Å². The summed E-state index contributed by atoms with van der Waals surface area (Å²) in [6.07, 6.45) is 6.34. The van der Waals surface area contributed by atoms with E-state index < -0.39 is 0 Å². The fourth-order valence-electron chi connectivity index (χ4n) is 3.76. The molecule has 0 spiro atoms. The highest BCUT2D eigenvalue weighted by atomic mass is 127. The normalized spacial score (nSPS) is 24.0. The molecule has 2 aliphatic rings. The third-order valence-electron chi connectivity index (χ3n) is 5.23. The van der Waals surface area contributed by atoms with E-state index in [0.717, 1.165) is 25.3 Å². The van der Waals surface area contributed by atoms with E-state index in [2.05, 4.69) is 20.5 Å². The highest BCUT2D eigenvalue weighted by molar-refractivity contribution is 14.0. The lowest BCUT2D eigenvalue weighted by molar-refractivity contribution is -0.146. The molecule has 0 aromatic rings.